The molecule has 0 spiro atoms. The van der Waals surface area contributed by atoms with Crippen LogP contribution < -0.4 is 5.32 Å². The Morgan fingerprint density at radius 2 is 2.15 bits per heavy atom. The van der Waals surface area contributed by atoms with Gasteiger partial charge in [0.15, 0.2) is 0 Å². The molecule has 2 heterocycles. The predicted molar refractivity (Wildman–Crippen MR) is 75.3 cm³/mol. The zero-order valence-corrected chi connectivity index (χ0v) is 11.8. The lowest BCUT2D eigenvalue weighted by molar-refractivity contribution is 0.283. The first-order valence-electron chi connectivity index (χ1n) is 7.46. The van der Waals surface area contributed by atoms with Gasteiger partial charge in [-0.3, -0.25) is 0 Å². The first kappa shape index (κ1) is 13.4. The van der Waals surface area contributed by atoms with E-state index < -0.39 is 0 Å². The first-order chi connectivity index (χ1) is 9.86. The quantitative estimate of drug-likeness (QED) is 0.906. The van der Waals surface area contributed by atoms with Crippen LogP contribution >= 0.6 is 0 Å². The van der Waals surface area contributed by atoms with Crippen molar-refractivity contribution < 1.29 is 8.94 Å². The van der Waals surface area contributed by atoms with E-state index in [1.54, 1.807) is 12.5 Å². The van der Waals surface area contributed by atoms with Gasteiger partial charge in [0.05, 0.1) is 11.8 Å². The topological polar surface area (TPSA) is 64.1 Å². The molecule has 2 aromatic rings. The molecule has 0 aliphatic heterocycles. The van der Waals surface area contributed by atoms with Gasteiger partial charge in [0.25, 0.3) is 0 Å². The van der Waals surface area contributed by atoms with Crippen molar-refractivity contribution in [3.63, 3.8) is 0 Å². The summed E-state index contributed by atoms with van der Waals surface area (Å²) in [5.41, 5.74) is 0.873. The van der Waals surface area contributed by atoms with Crippen molar-refractivity contribution in [1.29, 1.82) is 0 Å². The van der Waals surface area contributed by atoms with Crippen molar-refractivity contribution in [2.45, 2.75) is 51.0 Å². The van der Waals surface area contributed by atoms with Crippen LogP contribution in [0, 0.1) is 0 Å². The Balaban J connectivity index is 1.58. The average molecular weight is 275 g/mol. The monoisotopic (exact) mass is 275 g/mol. The van der Waals surface area contributed by atoms with Crippen LogP contribution in [0.2, 0.25) is 0 Å². The Morgan fingerprint density at radius 1 is 1.30 bits per heavy atom. The molecule has 0 unspecified atom stereocenters. The molecule has 0 saturated heterocycles. The molecular formula is C15H21N3O2. The number of rotatable bonds is 5. The molecule has 0 amide bonds. The summed E-state index contributed by atoms with van der Waals surface area (Å²) in [6.07, 6.45) is 9.07. The van der Waals surface area contributed by atoms with Gasteiger partial charge in [0, 0.05) is 12.0 Å². The van der Waals surface area contributed by atoms with Crippen LogP contribution in [0.4, 0.5) is 0 Å². The molecular weight excluding hydrogens is 254 g/mol. The second kappa shape index (κ2) is 6.22. The zero-order valence-electron chi connectivity index (χ0n) is 11.8. The van der Waals surface area contributed by atoms with Gasteiger partial charge < -0.3 is 14.3 Å². The Bertz CT molecular complexity index is 513. The third-order valence-corrected chi connectivity index (χ3v) is 3.98. The van der Waals surface area contributed by atoms with E-state index in [0.717, 1.165) is 30.8 Å². The summed E-state index contributed by atoms with van der Waals surface area (Å²) in [6.45, 7) is 3.31. The van der Waals surface area contributed by atoms with E-state index in [1.165, 1.54) is 19.3 Å². The normalized spacial score (nSPS) is 23.1. The molecule has 5 nitrogen and oxygen atoms in total. The third-order valence-electron chi connectivity index (χ3n) is 3.98. The van der Waals surface area contributed by atoms with Crippen molar-refractivity contribution >= 4 is 0 Å². The minimum Gasteiger partial charge on any atom is -0.472 e. The zero-order chi connectivity index (χ0) is 13.8. The number of nitrogens with one attached hydrogen (secondary N) is 1. The highest BCUT2D eigenvalue weighted by Crippen LogP contribution is 2.32. The van der Waals surface area contributed by atoms with E-state index in [1.807, 2.05) is 6.07 Å². The molecule has 108 valence electrons. The van der Waals surface area contributed by atoms with Crippen molar-refractivity contribution in [3.05, 3.63) is 24.5 Å². The molecule has 1 N–H and O–H groups in total. The van der Waals surface area contributed by atoms with E-state index >= 15 is 0 Å². The molecule has 3 rings (SSSR count). The molecule has 20 heavy (non-hydrogen) atoms. The second-order valence-corrected chi connectivity index (χ2v) is 5.47. The molecule has 1 aliphatic carbocycles. The van der Waals surface area contributed by atoms with Gasteiger partial charge in [-0.1, -0.05) is 12.1 Å². The summed E-state index contributed by atoms with van der Waals surface area (Å²) in [5.74, 6) is 1.80. The molecule has 0 radical (unpaired) electrons. The van der Waals surface area contributed by atoms with Crippen LogP contribution in [0.25, 0.3) is 11.4 Å². The van der Waals surface area contributed by atoms with Crippen LogP contribution in [-0.4, -0.2) is 22.7 Å². The molecule has 1 saturated carbocycles. The molecule has 1 fully saturated rings. The number of aromatic nitrogens is 2. The lowest BCUT2D eigenvalue weighted by atomic mass is 9.86. The van der Waals surface area contributed by atoms with Crippen molar-refractivity contribution in [2.24, 2.45) is 0 Å². The van der Waals surface area contributed by atoms with E-state index in [9.17, 15) is 0 Å². The Labute approximate surface area is 118 Å². The fraction of sp³-hybridized carbons (Fsp3) is 0.600. The van der Waals surface area contributed by atoms with Gasteiger partial charge >= 0.3 is 0 Å². The maximum atomic E-state index is 5.42. The summed E-state index contributed by atoms with van der Waals surface area (Å²) >= 11 is 0. The van der Waals surface area contributed by atoms with Gasteiger partial charge in [-0.25, -0.2) is 0 Å². The van der Waals surface area contributed by atoms with Crippen LogP contribution in [-0.2, 0) is 0 Å². The summed E-state index contributed by atoms with van der Waals surface area (Å²) in [7, 11) is 0. The number of hydrogen-bond acceptors (Lipinski definition) is 5. The SMILES string of the molecule is CCCNC1CCC(c2nc(-c3ccoc3)no2)CC1. The highest BCUT2D eigenvalue weighted by molar-refractivity contribution is 5.51. The van der Waals surface area contributed by atoms with Crippen molar-refractivity contribution in [2.75, 3.05) is 6.54 Å². The fourth-order valence-electron chi connectivity index (χ4n) is 2.80. The molecule has 0 atom stereocenters. The van der Waals surface area contributed by atoms with E-state index in [-0.39, 0.29) is 0 Å². The van der Waals surface area contributed by atoms with Crippen LogP contribution in [0.5, 0.6) is 0 Å². The van der Waals surface area contributed by atoms with Crippen molar-refractivity contribution in [3.8, 4) is 11.4 Å². The van der Waals surface area contributed by atoms with Crippen LogP contribution in [0.3, 0.4) is 0 Å². The maximum absolute atomic E-state index is 5.42. The second-order valence-electron chi connectivity index (χ2n) is 5.47. The van der Waals surface area contributed by atoms with E-state index in [2.05, 4.69) is 22.4 Å². The van der Waals surface area contributed by atoms with Crippen molar-refractivity contribution in [1.82, 2.24) is 15.5 Å². The number of nitrogens with zero attached hydrogens (tertiary/aromatic N) is 2. The van der Waals surface area contributed by atoms with Crippen LogP contribution in [0.1, 0.15) is 50.8 Å². The molecule has 0 aromatic carbocycles. The summed E-state index contributed by atoms with van der Waals surface area (Å²) < 4.78 is 10.5. The number of hydrogen-bond donors (Lipinski definition) is 1. The summed E-state index contributed by atoms with van der Waals surface area (Å²) in [6, 6.07) is 2.50. The third kappa shape index (κ3) is 2.93. The minimum atomic E-state index is 0.405. The van der Waals surface area contributed by atoms with E-state index in [4.69, 9.17) is 8.94 Å². The Kier molecular flexibility index (Phi) is 4.16. The largest absolute Gasteiger partial charge is 0.472 e. The first-order valence-corrected chi connectivity index (χ1v) is 7.46. The highest BCUT2D eigenvalue weighted by atomic mass is 16.5. The Hall–Kier alpha value is -1.62. The fourth-order valence-corrected chi connectivity index (χ4v) is 2.80. The van der Waals surface area contributed by atoms with Gasteiger partial charge in [-0.15, -0.1) is 0 Å². The summed E-state index contributed by atoms with van der Waals surface area (Å²) in [5, 5.41) is 7.63. The highest BCUT2D eigenvalue weighted by Gasteiger charge is 2.26. The average Bonchev–Trinajstić information content (AvgIpc) is 3.16. The minimum absolute atomic E-state index is 0.405. The maximum Gasteiger partial charge on any atom is 0.230 e. The molecule has 0 bridgehead atoms. The predicted octanol–water partition coefficient (Wildman–Crippen LogP) is 3.36. The molecule has 1 aliphatic rings. The summed E-state index contributed by atoms with van der Waals surface area (Å²) in [4.78, 5) is 4.51. The van der Waals surface area contributed by atoms with Gasteiger partial charge in [-0.2, -0.15) is 4.98 Å². The standard InChI is InChI=1S/C15H21N3O2/c1-2-8-16-13-5-3-11(4-6-13)15-17-14(18-20-15)12-7-9-19-10-12/h7,9-11,13,16H,2-6,8H2,1H3. The van der Waals surface area contributed by atoms with Gasteiger partial charge in [0.1, 0.15) is 6.26 Å². The molecule has 5 heteroatoms. The van der Waals surface area contributed by atoms with Gasteiger partial charge in [0.2, 0.25) is 11.7 Å². The Morgan fingerprint density at radius 3 is 2.85 bits per heavy atom. The van der Waals surface area contributed by atoms with E-state index in [0.29, 0.717) is 17.8 Å². The molecule has 2 aromatic heterocycles. The lowest BCUT2D eigenvalue weighted by Gasteiger charge is -2.27. The lowest BCUT2D eigenvalue weighted by Crippen LogP contribution is -2.33. The van der Waals surface area contributed by atoms with Gasteiger partial charge in [-0.05, 0) is 44.7 Å². The number of furan rings is 1. The smallest absolute Gasteiger partial charge is 0.230 e. The van der Waals surface area contributed by atoms with Crippen LogP contribution in [0.15, 0.2) is 27.5 Å².